The molecule has 0 aliphatic rings. The largest absolute Gasteiger partial charge is 0.278 e. The Labute approximate surface area is 119 Å². The molecule has 3 nitrogen and oxygen atoms in total. The molecule has 1 N–H and O–H groups in total. The van der Waals surface area contributed by atoms with Crippen LogP contribution in [0.4, 0.5) is 10.1 Å². The van der Waals surface area contributed by atoms with E-state index < -0.39 is 15.8 Å². The summed E-state index contributed by atoms with van der Waals surface area (Å²) in [5.41, 5.74) is 1.00. The predicted molar refractivity (Wildman–Crippen MR) is 76.1 cm³/mol. The van der Waals surface area contributed by atoms with E-state index in [9.17, 15) is 12.8 Å². The van der Waals surface area contributed by atoms with Crippen molar-refractivity contribution in [2.24, 2.45) is 0 Å². The summed E-state index contributed by atoms with van der Waals surface area (Å²) in [6.45, 7) is 1.80. The minimum absolute atomic E-state index is 0.142. The van der Waals surface area contributed by atoms with Gasteiger partial charge in [0.1, 0.15) is 5.82 Å². The molecule has 0 atom stereocenters. The first kappa shape index (κ1) is 14.0. The molecule has 6 heteroatoms. The van der Waals surface area contributed by atoms with Crippen molar-refractivity contribution in [2.75, 3.05) is 4.72 Å². The Balaban J connectivity index is 2.39. The van der Waals surface area contributed by atoms with Gasteiger partial charge in [-0.25, -0.2) is 12.8 Å². The van der Waals surface area contributed by atoms with Crippen molar-refractivity contribution in [1.82, 2.24) is 0 Å². The van der Waals surface area contributed by atoms with E-state index in [1.807, 2.05) is 0 Å². The van der Waals surface area contributed by atoms with Crippen molar-refractivity contribution in [2.45, 2.75) is 11.8 Å². The molecule has 0 aromatic heterocycles. The van der Waals surface area contributed by atoms with E-state index >= 15 is 0 Å². The zero-order valence-electron chi connectivity index (χ0n) is 10.0. The highest BCUT2D eigenvalue weighted by molar-refractivity contribution is 9.10. The Morgan fingerprint density at radius 1 is 1.16 bits per heavy atom. The Bertz CT molecular complexity index is 716. The molecule has 0 aliphatic carbocycles. The lowest BCUT2D eigenvalue weighted by Crippen LogP contribution is -2.13. The zero-order valence-corrected chi connectivity index (χ0v) is 12.4. The summed E-state index contributed by atoms with van der Waals surface area (Å²) in [6.07, 6.45) is 0. The van der Waals surface area contributed by atoms with Gasteiger partial charge in [-0.3, -0.25) is 4.72 Å². The Morgan fingerprint density at radius 3 is 2.58 bits per heavy atom. The van der Waals surface area contributed by atoms with Crippen LogP contribution >= 0.6 is 15.9 Å². The number of aryl methyl sites for hydroxylation is 1. The third kappa shape index (κ3) is 3.33. The maximum Gasteiger partial charge on any atom is 0.261 e. The highest BCUT2D eigenvalue weighted by Gasteiger charge is 2.16. The number of hydrogen-bond donors (Lipinski definition) is 1. The van der Waals surface area contributed by atoms with Crippen molar-refractivity contribution in [1.29, 1.82) is 0 Å². The van der Waals surface area contributed by atoms with Crippen molar-refractivity contribution in [3.05, 3.63) is 58.3 Å². The van der Waals surface area contributed by atoms with Crippen LogP contribution in [0.2, 0.25) is 0 Å². The molecule has 0 spiro atoms. The van der Waals surface area contributed by atoms with Crippen LogP contribution in [-0.2, 0) is 10.0 Å². The van der Waals surface area contributed by atoms with Crippen LogP contribution in [0.3, 0.4) is 0 Å². The number of benzene rings is 2. The van der Waals surface area contributed by atoms with Crippen molar-refractivity contribution < 1.29 is 12.8 Å². The van der Waals surface area contributed by atoms with E-state index in [0.717, 1.165) is 11.6 Å². The van der Waals surface area contributed by atoms with Gasteiger partial charge in [-0.15, -0.1) is 0 Å². The molecule has 0 bridgehead atoms. The maximum absolute atomic E-state index is 13.1. The van der Waals surface area contributed by atoms with Gasteiger partial charge in [-0.2, -0.15) is 0 Å². The molecule has 0 fully saturated rings. The fourth-order valence-corrected chi connectivity index (χ4v) is 3.21. The van der Waals surface area contributed by atoms with Gasteiger partial charge in [0.2, 0.25) is 0 Å². The summed E-state index contributed by atoms with van der Waals surface area (Å²) in [4.78, 5) is 0.142. The molecule has 2 aromatic carbocycles. The van der Waals surface area contributed by atoms with Gasteiger partial charge in [0.05, 0.1) is 10.6 Å². The second-order valence-electron chi connectivity index (χ2n) is 4.05. The van der Waals surface area contributed by atoms with Crippen LogP contribution in [0.25, 0.3) is 0 Å². The van der Waals surface area contributed by atoms with Crippen LogP contribution in [0.15, 0.2) is 51.8 Å². The molecule has 0 aliphatic heterocycles. The fourth-order valence-electron chi connectivity index (χ4n) is 1.56. The van der Waals surface area contributed by atoms with Gasteiger partial charge in [-0.05, 0) is 58.7 Å². The van der Waals surface area contributed by atoms with Gasteiger partial charge in [0.25, 0.3) is 10.0 Å². The molecular weight excluding hydrogens is 333 g/mol. The maximum atomic E-state index is 13.1. The number of halogens is 2. The number of rotatable bonds is 3. The first-order chi connectivity index (χ1) is 8.88. The minimum Gasteiger partial charge on any atom is -0.278 e. The molecule has 0 saturated carbocycles. The second kappa shape index (κ2) is 5.30. The molecule has 100 valence electrons. The average molecular weight is 344 g/mol. The predicted octanol–water partition coefficient (Wildman–Crippen LogP) is 3.70. The lowest BCUT2D eigenvalue weighted by Gasteiger charge is -2.10. The molecule has 0 amide bonds. The van der Waals surface area contributed by atoms with Crippen LogP contribution in [0.1, 0.15) is 5.56 Å². The van der Waals surface area contributed by atoms with E-state index in [4.69, 9.17) is 0 Å². The highest BCUT2D eigenvalue weighted by Crippen LogP contribution is 2.26. The van der Waals surface area contributed by atoms with Crippen LogP contribution in [0.5, 0.6) is 0 Å². The standard InChI is InChI=1S/C13H11BrFNO2S/c1-9-3-2-4-11(7-9)19(17,18)16-13-8-10(15)5-6-12(13)14/h2-8,16H,1H3. The molecular formula is C13H11BrFNO2S. The topological polar surface area (TPSA) is 46.2 Å². The molecule has 0 radical (unpaired) electrons. The summed E-state index contributed by atoms with van der Waals surface area (Å²) < 4.78 is 40.3. The number of hydrogen-bond acceptors (Lipinski definition) is 2. The summed E-state index contributed by atoms with van der Waals surface area (Å²) in [5, 5.41) is 0. The van der Waals surface area contributed by atoms with E-state index in [-0.39, 0.29) is 10.6 Å². The summed E-state index contributed by atoms with van der Waals surface area (Å²) in [7, 11) is -3.72. The molecule has 2 rings (SSSR count). The van der Waals surface area contributed by atoms with Gasteiger partial charge in [-0.1, -0.05) is 12.1 Å². The number of anilines is 1. The highest BCUT2D eigenvalue weighted by atomic mass is 79.9. The minimum atomic E-state index is -3.72. The monoisotopic (exact) mass is 343 g/mol. The summed E-state index contributed by atoms with van der Waals surface area (Å²) >= 11 is 3.18. The lowest BCUT2D eigenvalue weighted by molar-refractivity contribution is 0.601. The first-order valence-electron chi connectivity index (χ1n) is 5.43. The Hall–Kier alpha value is -1.40. The Kier molecular flexibility index (Phi) is 3.91. The molecule has 2 aromatic rings. The van der Waals surface area contributed by atoms with Crippen molar-refractivity contribution in [3.63, 3.8) is 0 Å². The fraction of sp³-hybridized carbons (Fsp3) is 0.0769. The van der Waals surface area contributed by atoms with E-state index in [1.165, 1.54) is 18.2 Å². The lowest BCUT2D eigenvalue weighted by atomic mass is 10.2. The third-order valence-corrected chi connectivity index (χ3v) is 4.53. The van der Waals surface area contributed by atoms with E-state index in [2.05, 4.69) is 20.7 Å². The second-order valence-corrected chi connectivity index (χ2v) is 6.58. The number of sulfonamides is 1. The van der Waals surface area contributed by atoms with Gasteiger partial charge in [0, 0.05) is 4.47 Å². The molecule has 0 heterocycles. The van der Waals surface area contributed by atoms with Crippen molar-refractivity contribution >= 4 is 31.6 Å². The van der Waals surface area contributed by atoms with Gasteiger partial charge in [0.15, 0.2) is 0 Å². The number of nitrogens with one attached hydrogen (secondary N) is 1. The third-order valence-electron chi connectivity index (χ3n) is 2.47. The molecule has 0 saturated heterocycles. The zero-order chi connectivity index (χ0) is 14.0. The van der Waals surface area contributed by atoms with Crippen LogP contribution < -0.4 is 4.72 Å². The quantitative estimate of drug-likeness (QED) is 0.923. The average Bonchev–Trinajstić information content (AvgIpc) is 2.33. The van der Waals surface area contributed by atoms with Gasteiger partial charge >= 0.3 is 0 Å². The van der Waals surface area contributed by atoms with Crippen LogP contribution in [-0.4, -0.2) is 8.42 Å². The molecule has 19 heavy (non-hydrogen) atoms. The van der Waals surface area contributed by atoms with Crippen molar-refractivity contribution in [3.8, 4) is 0 Å². The Morgan fingerprint density at radius 2 is 1.89 bits per heavy atom. The smallest absolute Gasteiger partial charge is 0.261 e. The van der Waals surface area contributed by atoms with Gasteiger partial charge < -0.3 is 0 Å². The van der Waals surface area contributed by atoms with Crippen LogP contribution in [0, 0.1) is 12.7 Å². The summed E-state index contributed by atoms with van der Waals surface area (Å²) in [6, 6.07) is 10.3. The first-order valence-corrected chi connectivity index (χ1v) is 7.71. The SMILES string of the molecule is Cc1cccc(S(=O)(=O)Nc2cc(F)ccc2Br)c1. The van der Waals surface area contributed by atoms with E-state index in [1.54, 1.807) is 25.1 Å². The van der Waals surface area contributed by atoms with E-state index in [0.29, 0.717) is 4.47 Å². The summed E-state index contributed by atoms with van der Waals surface area (Å²) in [5.74, 6) is -0.509. The molecule has 0 unspecified atom stereocenters. The normalized spacial score (nSPS) is 11.3.